The smallest absolute Gasteiger partial charge is 0.0459 e. The number of nitrogens with one attached hydrogen (secondary N) is 1. The van der Waals surface area contributed by atoms with Crippen molar-refractivity contribution in [3.63, 3.8) is 0 Å². The maximum Gasteiger partial charge on any atom is 0.0459 e. The van der Waals surface area contributed by atoms with Crippen LogP contribution in [0.25, 0.3) is 10.9 Å². The van der Waals surface area contributed by atoms with E-state index >= 15 is 0 Å². The Bertz CT molecular complexity index is 490. The van der Waals surface area contributed by atoms with Gasteiger partial charge in [0.25, 0.3) is 0 Å². The number of H-pyrrole nitrogens is 1. The summed E-state index contributed by atoms with van der Waals surface area (Å²) in [7, 11) is 0. The second kappa shape index (κ2) is 6.81. The van der Waals surface area contributed by atoms with Crippen LogP contribution in [0.4, 0.5) is 0 Å². The number of aromatic amines is 1. The zero-order chi connectivity index (χ0) is 12.3. The van der Waals surface area contributed by atoms with E-state index in [-0.39, 0.29) is 18.4 Å². The van der Waals surface area contributed by atoms with Crippen molar-refractivity contribution in [2.75, 3.05) is 0 Å². The van der Waals surface area contributed by atoms with Crippen LogP contribution in [-0.4, -0.2) is 4.98 Å². The summed E-state index contributed by atoms with van der Waals surface area (Å²) in [4.78, 5) is 3.42. The number of hydrogen-bond acceptors (Lipinski definition) is 1. The molecule has 3 N–H and O–H groups in total. The van der Waals surface area contributed by atoms with Crippen molar-refractivity contribution < 1.29 is 0 Å². The summed E-state index contributed by atoms with van der Waals surface area (Å²) in [6.45, 7) is 4.34. The van der Waals surface area contributed by atoms with Gasteiger partial charge in [-0.25, -0.2) is 0 Å². The van der Waals surface area contributed by atoms with E-state index in [1.54, 1.807) is 0 Å². The minimum absolute atomic E-state index is 0. The topological polar surface area (TPSA) is 41.8 Å². The predicted molar refractivity (Wildman–Crippen MR) is 81.4 cm³/mol. The molecule has 0 aliphatic rings. The van der Waals surface area contributed by atoms with Gasteiger partial charge in [-0.3, -0.25) is 0 Å². The van der Waals surface area contributed by atoms with Crippen LogP contribution in [-0.2, 0) is 0 Å². The Morgan fingerprint density at radius 1 is 1.22 bits per heavy atom. The van der Waals surface area contributed by atoms with Gasteiger partial charge in [0.2, 0.25) is 0 Å². The van der Waals surface area contributed by atoms with Gasteiger partial charge in [0.1, 0.15) is 0 Å². The zero-order valence-corrected chi connectivity index (χ0v) is 12.0. The first-order valence-corrected chi connectivity index (χ1v) is 6.56. The Balaban J connectivity index is 0.00000162. The molecule has 1 aromatic carbocycles. The van der Waals surface area contributed by atoms with Gasteiger partial charge in [-0.2, -0.15) is 0 Å². The highest BCUT2D eigenvalue weighted by Gasteiger charge is 2.14. The fraction of sp³-hybridized carbons (Fsp3) is 0.467. The van der Waals surface area contributed by atoms with Crippen molar-refractivity contribution in [3.8, 4) is 0 Å². The molecule has 0 radical (unpaired) electrons. The number of nitrogens with two attached hydrogens (primary N) is 1. The Kier molecular flexibility index (Phi) is 5.70. The first kappa shape index (κ1) is 15.1. The molecule has 1 atom stereocenters. The van der Waals surface area contributed by atoms with Crippen LogP contribution in [0.1, 0.15) is 49.9 Å². The molecule has 2 rings (SSSR count). The highest BCUT2D eigenvalue weighted by Crippen LogP contribution is 2.29. The lowest BCUT2D eigenvalue weighted by Gasteiger charge is -2.12. The van der Waals surface area contributed by atoms with Crippen LogP contribution >= 0.6 is 12.4 Å². The van der Waals surface area contributed by atoms with Gasteiger partial charge in [-0.05, 0) is 25.0 Å². The number of aryl methyl sites for hydroxylation is 1. The molecular formula is C15H23ClN2. The van der Waals surface area contributed by atoms with Gasteiger partial charge in [-0.1, -0.05) is 44.4 Å². The monoisotopic (exact) mass is 266 g/mol. The van der Waals surface area contributed by atoms with Crippen LogP contribution in [0.15, 0.2) is 24.3 Å². The lowest BCUT2D eigenvalue weighted by atomic mass is 9.98. The standard InChI is InChI=1S/C15H22N2.ClH/c1-3-4-5-9-13(16)15-11(2)17-14-10-7-6-8-12(14)15;/h6-8,10,13,17H,3-5,9,16H2,1-2H3;1H/t13-;/m0./s1. The Morgan fingerprint density at radius 2 is 1.94 bits per heavy atom. The normalized spacial score (nSPS) is 12.4. The van der Waals surface area contributed by atoms with E-state index in [0.717, 1.165) is 6.42 Å². The summed E-state index contributed by atoms with van der Waals surface area (Å²) in [5.41, 5.74) is 10.0. The number of halogens is 1. The first-order chi connectivity index (χ1) is 8.24. The van der Waals surface area contributed by atoms with E-state index in [9.17, 15) is 0 Å². The Hall–Kier alpha value is -0.990. The highest BCUT2D eigenvalue weighted by atomic mass is 35.5. The molecule has 2 nitrogen and oxygen atoms in total. The molecule has 2 aromatic rings. The van der Waals surface area contributed by atoms with Crippen LogP contribution in [0, 0.1) is 6.92 Å². The number of rotatable bonds is 5. The molecule has 1 aromatic heterocycles. The largest absolute Gasteiger partial charge is 0.358 e. The molecule has 3 heteroatoms. The average Bonchev–Trinajstić information content (AvgIpc) is 2.65. The van der Waals surface area contributed by atoms with Gasteiger partial charge >= 0.3 is 0 Å². The van der Waals surface area contributed by atoms with Crippen molar-refractivity contribution in [1.29, 1.82) is 0 Å². The molecule has 18 heavy (non-hydrogen) atoms. The van der Waals surface area contributed by atoms with Crippen molar-refractivity contribution >= 4 is 23.3 Å². The first-order valence-electron chi connectivity index (χ1n) is 6.56. The summed E-state index contributed by atoms with van der Waals surface area (Å²) in [6, 6.07) is 8.58. The van der Waals surface area contributed by atoms with E-state index in [1.807, 2.05) is 0 Å². The maximum atomic E-state index is 6.33. The number of aromatic nitrogens is 1. The van der Waals surface area contributed by atoms with Gasteiger partial charge in [0.05, 0.1) is 0 Å². The van der Waals surface area contributed by atoms with Crippen molar-refractivity contribution in [3.05, 3.63) is 35.5 Å². The molecule has 0 bridgehead atoms. The van der Waals surface area contributed by atoms with Gasteiger partial charge in [0, 0.05) is 22.6 Å². The molecule has 0 saturated carbocycles. The number of para-hydroxylation sites is 1. The lowest BCUT2D eigenvalue weighted by Crippen LogP contribution is -2.10. The van der Waals surface area contributed by atoms with E-state index in [1.165, 1.54) is 41.4 Å². The summed E-state index contributed by atoms with van der Waals surface area (Å²) < 4.78 is 0. The number of benzene rings is 1. The van der Waals surface area contributed by atoms with Gasteiger partial charge in [0.15, 0.2) is 0 Å². The van der Waals surface area contributed by atoms with E-state index in [4.69, 9.17) is 5.73 Å². The minimum atomic E-state index is 0. The third-order valence-corrected chi connectivity index (χ3v) is 3.43. The Labute approximate surface area is 115 Å². The highest BCUT2D eigenvalue weighted by molar-refractivity contribution is 5.85. The van der Waals surface area contributed by atoms with Crippen LogP contribution < -0.4 is 5.73 Å². The predicted octanol–water partition coefficient (Wildman–Crippen LogP) is 4.48. The average molecular weight is 267 g/mol. The molecule has 0 unspecified atom stereocenters. The molecule has 0 fully saturated rings. The third-order valence-electron chi connectivity index (χ3n) is 3.43. The van der Waals surface area contributed by atoms with Crippen molar-refractivity contribution in [2.45, 2.75) is 45.6 Å². The molecule has 100 valence electrons. The molecule has 0 aliphatic heterocycles. The summed E-state index contributed by atoms with van der Waals surface area (Å²) in [6.07, 6.45) is 4.82. The second-order valence-corrected chi connectivity index (χ2v) is 4.81. The van der Waals surface area contributed by atoms with Crippen molar-refractivity contribution in [2.24, 2.45) is 5.73 Å². The molecular weight excluding hydrogens is 244 g/mol. The second-order valence-electron chi connectivity index (χ2n) is 4.81. The summed E-state index contributed by atoms with van der Waals surface area (Å²) in [5, 5.41) is 1.29. The third kappa shape index (κ3) is 3.06. The number of unbranched alkanes of at least 4 members (excludes halogenated alkanes) is 2. The number of fused-ring (bicyclic) bond motifs is 1. The maximum absolute atomic E-state index is 6.33. The Morgan fingerprint density at radius 3 is 2.67 bits per heavy atom. The molecule has 0 spiro atoms. The molecule has 0 saturated heterocycles. The van der Waals surface area contributed by atoms with Gasteiger partial charge < -0.3 is 10.7 Å². The van der Waals surface area contributed by atoms with Gasteiger partial charge in [-0.15, -0.1) is 12.4 Å². The van der Waals surface area contributed by atoms with E-state index in [2.05, 4.69) is 43.1 Å². The van der Waals surface area contributed by atoms with Crippen LogP contribution in [0.2, 0.25) is 0 Å². The van der Waals surface area contributed by atoms with E-state index in [0.29, 0.717) is 0 Å². The number of hydrogen-bond donors (Lipinski definition) is 2. The fourth-order valence-corrected chi connectivity index (χ4v) is 2.53. The SMILES string of the molecule is CCCCC[C@H](N)c1c(C)[nH]c2ccccc12.Cl. The minimum Gasteiger partial charge on any atom is -0.358 e. The fourth-order valence-electron chi connectivity index (χ4n) is 2.53. The molecule has 1 heterocycles. The van der Waals surface area contributed by atoms with Crippen molar-refractivity contribution in [1.82, 2.24) is 4.98 Å². The molecule has 0 amide bonds. The quantitative estimate of drug-likeness (QED) is 0.770. The van der Waals surface area contributed by atoms with Crippen LogP contribution in [0.5, 0.6) is 0 Å². The van der Waals surface area contributed by atoms with E-state index < -0.39 is 0 Å². The zero-order valence-electron chi connectivity index (χ0n) is 11.2. The summed E-state index contributed by atoms with van der Waals surface area (Å²) in [5.74, 6) is 0. The molecule has 0 aliphatic carbocycles. The lowest BCUT2D eigenvalue weighted by molar-refractivity contribution is 0.582. The summed E-state index contributed by atoms with van der Waals surface area (Å²) >= 11 is 0. The van der Waals surface area contributed by atoms with Crippen LogP contribution in [0.3, 0.4) is 0 Å².